The first-order chi connectivity index (χ1) is 9.10. The van der Waals surface area contributed by atoms with Crippen LogP contribution in [0.15, 0.2) is 0 Å². The summed E-state index contributed by atoms with van der Waals surface area (Å²) < 4.78 is 5.34. The molecule has 0 saturated heterocycles. The molecular formula is C14H25NO4. The smallest absolute Gasteiger partial charge is 0.310 e. The van der Waals surface area contributed by atoms with Crippen molar-refractivity contribution < 1.29 is 19.4 Å². The second-order valence-electron chi connectivity index (χ2n) is 5.29. The fourth-order valence-corrected chi connectivity index (χ4v) is 2.50. The van der Waals surface area contributed by atoms with E-state index in [1.54, 1.807) is 0 Å². The fraction of sp³-hybridized carbons (Fsp3) is 0.857. The van der Waals surface area contributed by atoms with E-state index in [9.17, 15) is 14.7 Å². The number of nitrogens with one attached hydrogen (secondary N) is 1. The van der Waals surface area contributed by atoms with Crippen LogP contribution in [0.1, 0.15) is 51.9 Å². The quantitative estimate of drug-likeness (QED) is 0.628. The summed E-state index contributed by atoms with van der Waals surface area (Å²) >= 11 is 0. The maximum Gasteiger partial charge on any atom is 0.310 e. The van der Waals surface area contributed by atoms with Gasteiger partial charge in [0.15, 0.2) is 0 Å². The van der Waals surface area contributed by atoms with Crippen molar-refractivity contribution in [3.05, 3.63) is 0 Å². The Balaban J connectivity index is 2.21. The molecule has 5 nitrogen and oxygen atoms in total. The summed E-state index contributed by atoms with van der Waals surface area (Å²) in [5, 5.41) is 12.0. The number of carbonyl (C=O) groups is 2. The second kappa shape index (κ2) is 8.15. The summed E-state index contributed by atoms with van der Waals surface area (Å²) in [6.45, 7) is 3.76. The SMILES string of the molecule is CCCCOCCNC(=O)CC1(C(=O)O)CCCC1. The van der Waals surface area contributed by atoms with Gasteiger partial charge >= 0.3 is 5.97 Å². The molecule has 1 amide bonds. The van der Waals surface area contributed by atoms with Gasteiger partial charge in [0.1, 0.15) is 0 Å². The van der Waals surface area contributed by atoms with Gasteiger partial charge in [0.25, 0.3) is 0 Å². The molecule has 0 aromatic carbocycles. The van der Waals surface area contributed by atoms with Gasteiger partial charge in [0.05, 0.1) is 12.0 Å². The van der Waals surface area contributed by atoms with E-state index in [2.05, 4.69) is 12.2 Å². The molecule has 5 heteroatoms. The van der Waals surface area contributed by atoms with E-state index in [1.807, 2.05) is 0 Å². The van der Waals surface area contributed by atoms with Gasteiger partial charge < -0.3 is 15.2 Å². The highest BCUT2D eigenvalue weighted by Crippen LogP contribution is 2.41. The van der Waals surface area contributed by atoms with Crippen LogP contribution < -0.4 is 5.32 Å². The number of hydrogen-bond acceptors (Lipinski definition) is 3. The summed E-state index contributed by atoms with van der Waals surface area (Å²) in [5.74, 6) is -1.01. The Kier molecular flexibility index (Phi) is 6.84. The monoisotopic (exact) mass is 271 g/mol. The first-order valence-corrected chi connectivity index (χ1v) is 7.18. The zero-order valence-electron chi connectivity index (χ0n) is 11.7. The van der Waals surface area contributed by atoms with E-state index >= 15 is 0 Å². The van der Waals surface area contributed by atoms with Crippen LogP contribution in [0, 0.1) is 5.41 Å². The largest absolute Gasteiger partial charge is 0.481 e. The number of amides is 1. The number of carboxylic acid groups (broad SMARTS) is 1. The minimum Gasteiger partial charge on any atom is -0.481 e. The summed E-state index contributed by atoms with van der Waals surface area (Å²) in [6.07, 6.45) is 5.24. The Bertz CT molecular complexity index is 298. The van der Waals surface area contributed by atoms with Crippen molar-refractivity contribution in [1.82, 2.24) is 5.32 Å². The van der Waals surface area contributed by atoms with Gasteiger partial charge in [-0.25, -0.2) is 0 Å². The first kappa shape index (κ1) is 16.0. The first-order valence-electron chi connectivity index (χ1n) is 7.18. The van der Waals surface area contributed by atoms with Gasteiger partial charge in [-0.15, -0.1) is 0 Å². The minimum atomic E-state index is -0.834. The number of unbranched alkanes of at least 4 members (excludes halogenated alkanes) is 1. The number of carboxylic acids is 1. The van der Waals surface area contributed by atoms with Crippen molar-refractivity contribution in [2.45, 2.75) is 51.9 Å². The van der Waals surface area contributed by atoms with E-state index in [-0.39, 0.29) is 12.3 Å². The minimum absolute atomic E-state index is 0.0945. The van der Waals surface area contributed by atoms with Gasteiger partial charge in [0, 0.05) is 19.6 Å². The number of ether oxygens (including phenoxy) is 1. The van der Waals surface area contributed by atoms with Crippen LogP contribution in [0.4, 0.5) is 0 Å². The zero-order valence-corrected chi connectivity index (χ0v) is 11.7. The van der Waals surface area contributed by atoms with Crippen molar-refractivity contribution in [2.75, 3.05) is 19.8 Å². The van der Waals surface area contributed by atoms with Crippen LogP contribution in [-0.2, 0) is 14.3 Å². The maximum absolute atomic E-state index is 11.8. The van der Waals surface area contributed by atoms with Crippen molar-refractivity contribution in [3.63, 3.8) is 0 Å². The second-order valence-corrected chi connectivity index (χ2v) is 5.29. The molecule has 0 heterocycles. The lowest BCUT2D eigenvalue weighted by Crippen LogP contribution is -2.36. The van der Waals surface area contributed by atoms with E-state index in [0.29, 0.717) is 32.6 Å². The molecule has 0 radical (unpaired) electrons. The van der Waals surface area contributed by atoms with Crippen LogP contribution in [0.5, 0.6) is 0 Å². The Labute approximate surface area is 114 Å². The van der Waals surface area contributed by atoms with E-state index in [1.165, 1.54) is 0 Å². The Morgan fingerprint density at radius 1 is 1.26 bits per heavy atom. The average Bonchev–Trinajstić information content (AvgIpc) is 2.83. The standard InChI is InChI=1S/C14H25NO4/c1-2-3-9-19-10-8-15-12(16)11-14(13(17)18)6-4-5-7-14/h2-11H2,1H3,(H,15,16)(H,17,18). The molecule has 0 atom stereocenters. The molecule has 2 N–H and O–H groups in total. The molecule has 1 aliphatic rings. The number of rotatable bonds is 9. The predicted molar refractivity (Wildman–Crippen MR) is 71.9 cm³/mol. The van der Waals surface area contributed by atoms with Crippen molar-refractivity contribution in [3.8, 4) is 0 Å². The van der Waals surface area contributed by atoms with Gasteiger partial charge in [-0.1, -0.05) is 26.2 Å². The highest BCUT2D eigenvalue weighted by Gasteiger charge is 2.42. The van der Waals surface area contributed by atoms with Crippen LogP contribution in [-0.4, -0.2) is 36.7 Å². The van der Waals surface area contributed by atoms with Crippen LogP contribution in [0.2, 0.25) is 0 Å². The molecule has 0 unspecified atom stereocenters. The van der Waals surface area contributed by atoms with Crippen molar-refractivity contribution >= 4 is 11.9 Å². The summed E-state index contributed by atoms with van der Waals surface area (Å²) in [6, 6.07) is 0. The number of hydrogen-bond donors (Lipinski definition) is 2. The molecule has 1 aliphatic carbocycles. The van der Waals surface area contributed by atoms with Crippen LogP contribution in [0.25, 0.3) is 0 Å². The number of carbonyl (C=O) groups excluding carboxylic acids is 1. The third-order valence-electron chi connectivity index (χ3n) is 3.72. The van der Waals surface area contributed by atoms with Gasteiger partial charge in [-0.2, -0.15) is 0 Å². The molecular weight excluding hydrogens is 246 g/mol. The molecule has 0 aliphatic heterocycles. The third-order valence-corrected chi connectivity index (χ3v) is 3.72. The van der Waals surface area contributed by atoms with E-state index in [0.717, 1.165) is 25.7 Å². The van der Waals surface area contributed by atoms with Gasteiger partial charge in [-0.3, -0.25) is 9.59 Å². The van der Waals surface area contributed by atoms with E-state index in [4.69, 9.17) is 4.74 Å². The lowest BCUT2D eigenvalue weighted by molar-refractivity contribution is -0.151. The predicted octanol–water partition coefficient (Wildman–Crippen LogP) is 1.95. The Morgan fingerprint density at radius 2 is 1.95 bits per heavy atom. The maximum atomic E-state index is 11.8. The molecule has 0 bridgehead atoms. The van der Waals surface area contributed by atoms with E-state index < -0.39 is 11.4 Å². The Morgan fingerprint density at radius 3 is 2.53 bits per heavy atom. The molecule has 0 spiro atoms. The number of aliphatic carboxylic acids is 1. The topological polar surface area (TPSA) is 75.6 Å². The average molecular weight is 271 g/mol. The third kappa shape index (κ3) is 5.19. The molecule has 1 fully saturated rings. The molecule has 1 rings (SSSR count). The summed E-state index contributed by atoms with van der Waals surface area (Å²) in [4.78, 5) is 23.1. The molecule has 0 aromatic heterocycles. The summed E-state index contributed by atoms with van der Waals surface area (Å²) in [5.41, 5.74) is -0.826. The van der Waals surface area contributed by atoms with Crippen molar-refractivity contribution in [1.29, 1.82) is 0 Å². The normalized spacial score (nSPS) is 17.3. The van der Waals surface area contributed by atoms with Crippen LogP contribution in [0.3, 0.4) is 0 Å². The molecule has 1 saturated carbocycles. The van der Waals surface area contributed by atoms with Gasteiger partial charge in [0.2, 0.25) is 5.91 Å². The molecule has 0 aromatic rings. The van der Waals surface area contributed by atoms with Crippen molar-refractivity contribution in [2.24, 2.45) is 5.41 Å². The van der Waals surface area contributed by atoms with Gasteiger partial charge in [-0.05, 0) is 19.3 Å². The highest BCUT2D eigenvalue weighted by atomic mass is 16.5. The molecule has 19 heavy (non-hydrogen) atoms. The summed E-state index contributed by atoms with van der Waals surface area (Å²) in [7, 11) is 0. The lowest BCUT2D eigenvalue weighted by Gasteiger charge is -2.22. The highest BCUT2D eigenvalue weighted by molar-refractivity contribution is 5.85. The van der Waals surface area contributed by atoms with Crippen LogP contribution >= 0.6 is 0 Å². The molecule has 110 valence electrons. The lowest BCUT2D eigenvalue weighted by atomic mass is 9.82. The fourth-order valence-electron chi connectivity index (χ4n) is 2.50. The zero-order chi connectivity index (χ0) is 14.1. The Hall–Kier alpha value is -1.10.